The highest BCUT2D eigenvalue weighted by Crippen LogP contribution is 2.28. The third-order valence-electron chi connectivity index (χ3n) is 3.65. The van der Waals surface area contributed by atoms with Gasteiger partial charge in [0.15, 0.2) is 11.5 Å². The lowest BCUT2D eigenvalue weighted by molar-refractivity contribution is 0.0950. The molecule has 1 amide bonds. The molecule has 0 fully saturated rings. The molecule has 2 rings (SSSR count). The highest BCUT2D eigenvalue weighted by atomic mass is 35.5. The fraction of sp³-hybridized carbons (Fsp3) is 0.278. The molecule has 6 heteroatoms. The largest absolute Gasteiger partial charge is 0.496 e. The van der Waals surface area contributed by atoms with Gasteiger partial charge in [-0.25, -0.2) is 0 Å². The molecule has 0 bridgehead atoms. The molecule has 0 saturated heterocycles. The molecule has 0 aliphatic carbocycles. The third-order valence-corrected chi connectivity index (χ3v) is 4.05. The second-order valence-electron chi connectivity index (χ2n) is 5.17. The molecule has 1 N–H and O–H groups in total. The summed E-state index contributed by atoms with van der Waals surface area (Å²) in [6.45, 7) is 2.20. The van der Waals surface area contributed by atoms with Crippen LogP contribution in [0.3, 0.4) is 0 Å². The quantitative estimate of drug-likeness (QED) is 0.865. The number of benzene rings is 2. The summed E-state index contributed by atoms with van der Waals surface area (Å²) in [4.78, 5) is 12.4. The summed E-state index contributed by atoms with van der Waals surface area (Å²) in [5.41, 5.74) is 2.20. The number of carbonyl (C=O) groups excluding carboxylic acids is 1. The Bertz CT molecular complexity index is 746. The van der Waals surface area contributed by atoms with Crippen LogP contribution in [0.15, 0.2) is 30.3 Å². The van der Waals surface area contributed by atoms with E-state index in [1.54, 1.807) is 38.5 Å². The zero-order chi connectivity index (χ0) is 17.7. The number of nitrogens with one attached hydrogen (secondary N) is 1. The molecular formula is C18H20ClNO4. The fourth-order valence-corrected chi connectivity index (χ4v) is 2.47. The maximum atomic E-state index is 12.4. The molecule has 24 heavy (non-hydrogen) atoms. The van der Waals surface area contributed by atoms with Crippen LogP contribution in [0.4, 0.5) is 0 Å². The van der Waals surface area contributed by atoms with Gasteiger partial charge in [0.05, 0.1) is 21.3 Å². The number of carbonyl (C=O) groups is 1. The van der Waals surface area contributed by atoms with Gasteiger partial charge in [-0.3, -0.25) is 4.79 Å². The van der Waals surface area contributed by atoms with Crippen molar-refractivity contribution in [3.8, 4) is 17.2 Å². The molecule has 0 radical (unpaired) electrons. The van der Waals surface area contributed by atoms with Gasteiger partial charge in [0, 0.05) is 22.7 Å². The van der Waals surface area contributed by atoms with Crippen LogP contribution in [0, 0.1) is 6.92 Å². The van der Waals surface area contributed by atoms with Gasteiger partial charge in [0.2, 0.25) is 0 Å². The molecule has 0 spiro atoms. The van der Waals surface area contributed by atoms with E-state index in [0.29, 0.717) is 34.4 Å². The first-order valence-electron chi connectivity index (χ1n) is 7.33. The summed E-state index contributed by atoms with van der Waals surface area (Å²) in [6.07, 6.45) is 0. The minimum atomic E-state index is -0.227. The van der Waals surface area contributed by atoms with Gasteiger partial charge in [0.25, 0.3) is 5.91 Å². The Morgan fingerprint density at radius 1 is 1.00 bits per heavy atom. The van der Waals surface area contributed by atoms with E-state index in [4.69, 9.17) is 25.8 Å². The minimum Gasteiger partial charge on any atom is -0.496 e. The van der Waals surface area contributed by atoms with Crippen molar-refractivity contribution in [2.75, 3.05) is 21.3 Å². The number of amides is 1. The highest BCUT2D eigenvalue weighted by molar-refractivity contribution is 6.31. The molecule has 2 aromatic rings. The van der Waals surface area contributed by atoms with Crippen LogP contribution in [0.25, 0.3) is 0 Å². The van der Waals surface area contributed by atoms with E-state index in [0.717, 1.165) is 11.1 Å². The number of rotatable bonds is 6. The molecule has 0 atom stereocenters. The van der Waals surface area contributed by atoms with Crippen LogP contribution in [0.2, 0.25) is 5.02 Å². The van der Waals surface area contributed by atoms with Crippen LogP contribution in [-0.2, 0) is 6.54 Å². The number of hydrogen-bond donors (Lipinski definition) is 1. The van der Waals surface area contributed by atoms with E-state index in [2.05, 4.69) is 5.32 Å². The van der Waals surface area contributed by atoms with Gasteiger partial charge in [-0.2, -0.15) is 0 Å². The van der Waals surface area contributed by atoms with Crippen molar-refractivity contribution in [1.29, 1.82) is 0 Å². The standard InChI is InChI=1S/C18H20ClNO4/c1-11-7-16(23-3)13(8-14(11)19)10-20-18(21)12-5-6-15(22-2)17(9-12)24-4/h5-9H,10H2,1-4H3,(H,20,21). The molecule has 0 heterocycles. The summed E-state index contributed by atoms with van der Waals surface area (Å²) in [5.74, 6) is 1.53. The molecule has 0 aromatic heterocycles. The maximum Gasteiger partial charge on any atom is 0.251 e. The number of methoxy groups -OCH3 is 3. The van der Waals surface area contributed by atoms with Gasteiger partial charge in [-0.1, -0.05) is 11.6 Å². The van der Waals surface area contributed by atoms with E-state index in [9.17, 15) is 4.79 Å². The summed E-state index contributed by atoms with van der Waals surface area (Å²) in [5, 5.41) is 3.48. The third kappa shape index (κ3) is 3.92. The Labute approximate surface area is 146 Å². The highest BCUT2D eigenvalue weighted by Gasteiger charge is 2.12. The summed E-state index contributed by atoms with van der Waals surface area (Å²) in [7, 11) is 4.66. The molecule has 128 valence electrons. The van der Waals surface area contributed by atoms with E-state index < -0.39 is 0 Å². The van der Waals surface area contributed by atoms with E-state index in [1.807, 2.05) is 13.0 Å². The minimum absolute atomic E-state index is 0.227. The molecule has 0 aliphatic heterocycles. The monoisotopic (exact) mass is 349 g/mol. The smallest absolute Gasteiger partial charge is 0.251 e. The second-order valence-corrected chi connectivity index (χ2v) is 5.57. The summed E-state index contributed by atoms with van der Waals surface area (Å²) in [6, 6.07) is 8.64. The Morgan fingerprint density at radius 2 is 1.67 bits per heavy atom. The Balaban J connectivity index is 2.15. The normalized spacial score (nSPS) is 10.2. The summed E-state index contributed by atoms with van der Waals surface area (Å²) >= 11 is 6.15. The molecule has 5 nitrogen and oxygen atoms in total. The first-order valence-corrected chi connectivity index (χ1v) is 7.71. The second kappa shape index (κ2) is 7.93. The Hall–Kier alpha value is -2.40. The van der Waals surface area contributed by atoms with Gasteiger partial charge >= 0.3 is 0 Å². The first kappa shape index (κ1) is 17.9. The lowest BCUT2D eigenvalue weighted by atomic mass is 10.1. The van der Waals surface area contributed by atoms with E-state index in [-0.39, 0.29) is 5.91 Å². The molecule has 0 saturated carbocycles. The Kier molecular flexibility index (Phi) is 5.93. The van der Waals surface area contributed by atoms with Crippen molar-refractivity contribution >= 4 is 17.5 Å². The molecular weight excluding hydrogens is 330 g/mol. The van der Waals surface area contributed by atoms with Crippen molar-refractivity contribution in [2.24, 2.45) is 0 Å². The number of halogens is 1. The SMILES string of the molecule is COc1cc(C)c(Cl)cc1CNC(=O)c1ccc(OC)c(OC)c1. The van der Waals surface area contributed by atoms with Crippen LogP contribution in [-0.4, -0.2) is 27.2 Å². The van der Waals surface area contributed by atoms with Crippen molar-refractivity contribution in [3.63, 3.8) is 0 Å². The van der Waals surface area contributed by atoms with Crippen LogP contribution >= 0.6 is 11.6 Å². The van der Waals surface area contributed by atoms with Gasteiger partial charge in [-0.05, 0) is 42.8 Å². The zero-order valence-electron chi connectivity index (χ0n) is 14.1. The van der Waals surface area contributed by atoms with Crippen molar-refractivity contribution in [1.82, 2.24) is 5.32 Å². The van der Waals surface area contributed by atoms with E-state index >= 15 is 0 Å². The number of ether oxygens (including phenoxy) is 3. The average Bonchev–Trinajstić information content (AvgIpc) is 2.61. The zero-order valence-corrected chi connectivity index (χ0v) is 14.9. The topological polar surface area (TPSA) is 56.8 Å². The van der Waals surface area contributed by atoms with Gasteiger partial charge in [0.1, 0.15) is 5.75 Å². The van der Waals surface area contributed by atoms with Crippen molar-refractivity contribution < 1.29 is 19.0 Å². The van der Waals surface area contributed by atoms with Gasteiger partial charge < -0.3 is 19.5 Å². The Morgan fingerprint density at radius 3 is 2.29 bits per heavy atom. The van der Waals surface area contributed by atoms with Crippen molar-refractivity contribution in [2.45, 2.75) is 13.5 Å². The van der Waals surface area contributed by atoms with Crippen LogP contribution < -0.4 is 19.5 Å². The van der Waals surface area contributed by atoms with E-state index in [1.165, 1.54) is 7.11 Å². The molecule has 0 aliphatic rings. The van der Waals surface area contributed by atoms with Crippen LogP contribution in [0.5, 0.6) is 17.2 Å². The average molecular weight is 350 g/mol. The maximum absolute atomic E-state index is 12.4. The predicted molar refractivity (Wildman–Crippen MR) is 93.5 cm³/mol. The lowest BCUT2D eigenvalue weighted by Gasteiger charge is -2.13. The lowest BCUT2D eigenvalue weighted by Crippen LogP contribution is -2.23. The molecule has 2 aromatic carbocycles. The first-order chi connectivity index (χ1) is 11.5. The van der Waals surface area contributed by atoms with Crippen LogP contribution in [0.1, 0.15) is 21.5 Å². The fourth-order valence-electron chi connectivity index (χ4n) is 2.28. The van der Waals surface area contributed by atoms with Gasteiger partial charge in [-0.15, -0.1) is 0 Å². The number of aryl methyl sites for hydroxylation is 1. The summed E-state index contributed by atoms with van der Waals surface area (Å²) < 4.78 is 15.7. The van der Waals surface area contributed by atoms with Crippen molar-refractivity contribution in [3.05, 3.63) is 52.0 Å². The number of hydrogen-bond acceptors (Lipinski definition) is 4. The predicted octanol–water partition coefficient (Wildman–Crippen LogP) is 3.60. The molecule has 0 unspecified atom stereocenters.